The quantitative estimate of drug-likeness (QED) is 0.455. The van der Waals surface area contributed by atoms with E-state index in [4.69, 9.17) is 4.74 Å². The van der Waals surface area contributed by atoms with Crippen LogP contribution in [-0.2, 0) is 0 Å². The van der Waals surface area contributed by atoms with Crippen LogP contribution in [0.5, 0.6) is 5.75 Å². The van der Waals surface area contributed by atoms with E-state index in [1.165, 1.54) is 0 Å². The number of fused-ring (bicyclic) bond motifs is 1. The number of carbonyl (C=O) groups excluding carboxylic acids is 1. The maximum Gasteiger partial charge on any atom is 0.258 e. The molecule has 174 valence electrons. The van der Waals surface area contributed by atoms with Crippen LogP contribution in [0.1, 0.15) is 28.7 Å². The van der Waals surface area contributed by atoms with Crippen LogP contribution in [0.15, 0.2) is 54.9 Å². The third kappa shape index (κ3) is 4.07. The van der Waals surface area contributed by atoms with Crippen molar-refractivity contribution in [2.45, 2.75) is 20.8 Å². The molecule has 1 fully saturated rings. The molecule has 0 unspecified atom stereocenters. The summed E-state index contributed by atoms with van der Waals surface area (Å²) in [6.07, 6.45) is 1.57. The van der Waals surface area contributed by atoms with Crippen molar-refractivity contribution in [1.82, 2.24) is 24.6 Å². The molecule has 0 aliphatic carbocycles. The summed E-state index contributed by atoms with van der Waals surface area (Å²) < 4.78 is 7.66. The number of hydrogen-bond donors (Lipinski definition) is 0. The number of carbonyl (C=O) groups is 1. The predicted molar refractivity (Wildman–Crippen MR) is 132 cm³/mol. The van der Waals surface area contributed by atoms with Gasteiger partial charge in [-0.1, -0.05) is 30.3 Å². The van der Waals surface area contributed by atoms with Gasteiger partial charge in [0.2, 0.25) is 0 Å². The first-order valence-corrected chi connectivity index (χ1v) is 11.6. The van der Waals surface area contributed by atoms with E-state index in [0.717, 1.165) is 33.8 Å². The Balaban J connectivity index is 1.36. The second-order valence-electron chi connectivity index (χ2n) is 8.45. The van der Waals surface area contributed by atoms with Gasteiger partial charge in [0.1, 0.15) is 17.9 Å². The number of benzene rings is 2. The van der Waals surface area contributed by atoms with E-state index in [1.54, 1.807) is 6.33 Å². The molecule has 0 N–H and O–H groups in total. The van der Waals surface area contributed by atoms with Crippen molar-refractivity contribution < 1.29 is 9.53 Å². The average Bonchev–Trinajstić information content (AvgIpc) is 3.21. The Morgan fingerprint density at radius 1 is 0.971 bits per heavy atom. The Hall–Kier alpha value is -3.94. The minimum absolute atomic E-state index is 0.00548. The highest BCUT2D eigenvalue weighted by Gasteiger charge is 2.27. The molecule has 8 nitrogen and oxygen atoms in total. The lowest BCUT2D eigenvalue weighted by molar-refractivity contribution is 0.0744. The van der Waals surface area contributed by atoms with Gasteiger partial charge in [0.15, 0.2) is 5.82 Å². The number of amides is 1. The van der Waals surface area contributed by atoms with E-state index >= 15 is 0 Å². The van der Waals surface area contributed by atoms with Crippen LogP contribution in [0.25, 0.3) is 16.6 Å². The largest absolute Gasteiger partial charge is 0.493 e. The Morgan fingerprint density at radius 3 is 2.47 bits per heavy atom. The van der Waals surface area contributed by atoms with E-state index in [1.807, 2.05) is 78.9 Å². The highest BCUT2D eigenvalue weighted by atomic mass is 16.5. The van der Waals surface area contributed by atoms with Crippen molar-refractivity contribution >= 4 is 22.5 Å². The number of aryl methyl sites for hydroxylation is 2. The van der Waals surface area contributed by atoms with Gasteiger partial charge in [0.25, 0.3) is 5.91 Å². The lowest BCUT2D eigenvalue weighted by Gasteiger charge is -2.35. The van der Waals surface area contributed by atoms with E-state index in [0.29, 0.717) is 44.1 Å². The van der Waals surface area contributed by atoms with Crippen molar-refractivity contribution in [3.8, 4) is 11.6 Å². The molecule has 1 aliphatic heterocycles. The van der Waals surface area contributed by atoms with Gasteiger partial charge in [-0.25, -0.2) is 14.6 Å². The normalized spacial score (nSPS) is 14.0. The lowest BCUT2D eigenvalue weighted by Crippen LogP contribution is -2.49. The van der Waals surface area contributed by atoms with Crippen molar-refractivity contribution in [1.29, 1.82) is 0 Å². The predicted octanol–water partition coefficient (Wildman–Crippen LogP) is 3.79. The zero-order valence-electron chi connectivity index (χ0n) is 19.7. The summed E-state index contributed by atoms with van der Waals surface area (Å²) >= 11 is 0. The smallest absolute Gasteiger partial charge is 0.258 e. The number of piperazine rings is 1. The molecule has 5 rings (SSSR count). The number of nitrogens with zero attached hydrogens (tertiary/aromatic N) is 6. The van der Waals surface area contributed by atoms with Gasteiger partial charge in [0.05, 0.1) is 17.9 Å². The zero-order chi connectivity index (χ0) is 23.7. The Kier molecular flexibility index (Phi) is 5.88. The molecule has 0 radical (unpaired) electrons. The zero-order valence-corrected chi connectivity index (χ0v) is 19.7. The van der Waals surface area contributed by atoms with E-state index in [9.17, 15) is 4.79 Å². The highest BCUT2D eigenvalue weighted by molar-refractivity contribution is 6.09. The topological polar surface area (TPSA) is 76.4 Å². The van der Waals surface area contributed by atoms with Crippen LogP contribution >= 0.6 is 0 Å². The maximum atomic E-state index is 13.6. The summed E-state index contributed by atoms with van der Waals surface area (Å²) in [5.74, 6) is 2.22. The SMILES string of the molecule is CCOc1ccc2ccccc2c1C(=O)N1CCN(c2cc(-n3nc(C)cc3C)ncn2)CC1. The molecule has 8 heteroatoms. The number of ether oxygens (including phenoxy) is 1. The molecule has 1 amide bonds. The van der Waals surface area contributed by atoms with Gasteiger partial charge in [-0.15, -0.1) is 0 Å². The van der Waals surface area contributed by atoms with Gasteiger partial charge in [0, 0.05) is 37.9 Å². The maximum absolute atomic E-state index is 13.6. The summed E-state index contributed by atoms with van der Waals surface area (Å²) in [5, 5.41) is 6.48. The third-order valence-corrected chi connectivity index (χ3v) is 6.16. The number of anilines is 1. The van der Waals surface area contributed by atoms with Crippen LogP contribution in [-0.4, -0.2) is 63.3 Å². The fraction of sp³-hybridized carbons (Fsp3) is 0.308. The number of rotatable bonds is 5. The van der Waals surface area contributed by atoms with Gasteiger partial charge in [-0.3, -0.25) is 4.79 Å². The Morgan fingerprint density at radius 2 is 1.74 bits per heavy atom. The third-order valence-electron chi connectivity index (χ3n) is 6.16. The van der Waals surface area contributed by atoms with Crippen LogP contribution in [0, 0.1) is 13.8 Å². The van der Waals surface area contributed by atoms with Gasteiger partial charge in [-0.05, 0) is 43.7 Å². The number of aromatic nitrogens is 4. The minimum atomic E-state index is 0.00548. The Labute approximate surface area is 198 Å². The molecule has 0 bridgehead atoms. The first kappa shape index (κ1) is 21.9. The van der Waals surface area contributed by atoms with Crippen LogP contribution < -0.4 is 9.64 Å². The van der Waals surface area contributed by atoms with Gasteiger partial charge >= 0.3 is 0 Å². The van der Waals surface area contributed by atoms with Crippen LogP contribution in [0.3, 0.4) is 0 Å². The molecule has 2 aromatic heterocycles. The molecule has 2 aromatic carbocycles. The molecule has 1 saturated heterocycles. The minimum Gasteiger partial charge on any atom is -0.493 e. The second kappa shape index (κ2) is 9.13. The van der Waals surface area contributed by atoms with Gasteiger partial charge in [-0.2, -0.15) is 5.10 Å². The molecule has 4 aromatic rings. The lowest BCUT2D eigenvalue weighted by atomic mass is 10.0. The fourth-order valence-corrected chi connectivity index (χ4v) is 4.53. The van der Waals surface area contributed by atoms with E-state index < -0.39 is 0 Å². The number of hydrogen-bond acceptors (Lipinski definition) is 6. The molecular formula is C26H28N6O2. The monoisotopic (exact) mass is 456 g/mol. The van der Waals surface area contributed by atoms with Crippen LogP contribution in [0.2, 0.25) is 0 Å². The molecule has 0 saturated carbocycles. The molecule has 0 spiro atoms. The summed E-state index contributed by atoms with van der Waals surface area (Å²) in [5.41, 5.74) is 2.62. The summed E-state index contributed by atoms with van der Waals surface area (Å²) in [6.45, 7) is 9.01. The van der Waals surface area contributed by atoms with E-state index in [-0.39, 0.29) is 5.91 Å². The molecule has 1 aliphatic rings. The van der Waals surface area contributed by atoms with Crippen molar-refractivity contribution in [2.24, 2.45) is 0 Å². The summed E-state index contributed by atoms with van der Waals surface area (Å²) in [7, 11) is 0. The second-order valence-corrected chi connectivity index (χ2v) is 8.45. The first-order chi connectivity index (χ1) is 16.5. The molecule has 3 heterocycles. The fourth-order valence-electron chi connectivity index (χ4n) is 4.53. The molecular weight excluding hydrogens is 428 g/mol. The van der Waals surface area contributed by atoms with Crippen molar-refractivity contribution in [2.75, 3.05) is 37.7 Å². The highest BCUT2D eigenvalue weighted by Crippen LogP contribution is 2.30. The van der Waals surface area contributed by atoms with Crippen LogP contribution in [0.4, 0.5) is 5.82 Å². The summed E-state index contributed by atoms with van der Waals surface area (Å²) in [4.78, 5) is 26.6. The molecule has 34 heavy (non-hydrogen) atoms. The molecule has 0 atom stereocenters. The standard InChI is InChI=1S/C26H28N6O2/c1-4-34-22-10-9-20-7-5-6-8-21(20)25(22)26(33)31-13-11-30(12-14-31)23-16-24(28-17-27-23)32-19(3)15-18(2)29-32/h5-10,15-17H,4,11-14H2,1-3H3. The van der Waals surface area contributed by atoms with E-state index in [2.05, 4.69) is 20.0 Å². The van der Waals surface area contributed by atoms with Gasteiger partial charge < -0.3 is 14.5 Å². The first-order valence-electron chi connectivity index (χ1n) is 11.6. The summed E-state index contributed by atoms with van der Waals surface area (Å²) in [6, 6.07) is 15.8. The van der Waals surface area contributed by atoms with Crippen molar-refractivity contribution in [3.63, 3.8) is 0 Å². The Bertz CT molecular complexity index is 1340. The van der Waals surface area contributed by atoms with Crippen molar-refractivity contribution in [3.05, 3.63) is 71.8 Å². The average molecular weight is 457 g/mol.